The smallest absolute Gasteiger partial charge is 0.334 e. The van der Waals surface area contributed by atoms with E-state index in [0.29, 0.717) is 0 Å². The maximum absolute atomic E-state index is 13.6. The van der Waals surface area contributed by atoms with E-state index in [-0.39, 0.29) is 0 Å². The number of ether oxygens (including phenoxy) is 2. The Morgan fingerprint density at radius 1 is 0.929 bits per heavy atom. The first kappa shape index (κ1) is 11.9. The average molecular weight is 208 g/mol. The molecule has 1 unspecified atom stereocenters. The van der Waals surface area contributed by atoms with Gasteiger partial charge >= 0.3 is 6.11 Å². The lowest BCUT2D eigenvalue weighted by Crippen LogP contribution is -2.52. The highest BCUT2D eigenvalue weighted by Gasteiger charge is 2.68. The van der Waals surface area contributed by atoms with Crippen LogP contribution in [0.15, 0.2) is 0 Å². The summed E-state index contributed by atoms with van der Waals surface area (Å²) in [5.74, 6) is -1.23. The molecule has 1 heterocycles. The second-order valence-electron chi connectivity index (χ2n) is 5.40. The van der Waals surface area contributed by atoms with Crippen molar-refractivity contribution in [2.45, 2.75) is 59.0 Å². The highest BCUT2D eigenvalue weighted by molar-refractivity contribution is 5.00. The molecule has 0 radical (unpaired) electrons. The molecular formula is C10H18F2O2. The van der Waals surface area contributed by atoms with Crippen LogP contribution in [0.5, 0.6) is 0 Å². The van der Waals surface area contributed by atoms with Crippen molar-refractivity contribution in [2.24, 2.45) is 5.41 Å². The monoisotopic (exact) mass is 208 g/mol. The van der Waals surface area contributed by atoms with Crippen LogP contribution in [-0.2, 0) is 9.47 Å². The van der Waals surface area contributed by atoms with E-state index in [1.807, 2.05) is 0 Å². The predicted molar refractivity (Wildman–Crippen MR) is 49.1 cm³/mol. The Labute approximate surface area is 83.6 Å². The molecule has 1 saturated heterocycles. The molecule has 0 aromatic rings. The molecule has 1 atom stereocenters. The summed E-state index contributed by atoms with van der Waals surface area (Å²) in [7, 11) is 0. The number of rotatable bonds is 0. The maximum atomic E-state index is 13.6. The van der Waals surface area contributed by atoms with Crippen molar-refractivity contribution >= 4 is 0 Å². The molecule has 1 fully saturated rings. The summed E-state index contributed by atoms with van der Waals surface area (Å²) in [5.41, 5.74) is -2.28. The van der Waals surface area contributed by atoms with Gasteiger partial charge in [0.1, 0.15) is 0 Å². The van der Waals surface area contributed by atoms with E-state index in [1.54, 1.807) is 20.8 Å². The number of halogens is 2. The van der Waals surface area contributed by atoms with Gasteiger partial charge in [-0.2, -0.15) is 8.78 Å². The molecule has 0 amide bonds. The van der Waals surface area contributed by atoms with Crippen LogP contribution in [0.1, 0.15) is 41.5 Å². The van der Waals surface area contributed by atoms with E-state index in [2.05, 4.69) is 4.74 Å². The van der Waals surface area contributed by atoms with Crippen molar-refractivity contribution < 1.29 is 18.3 Å². The van der Waals surface area contributed by atoms with Gasteiger partial charge in [0.05, 0.1) is 0 Å². The summed E-state index contributed by atoms with van der Waals surface area (Å²) in [5, 5.41) is 0. The van der Waals surface area contributed by atoms with Crippen molar-refractivity contribution in [3.05, 3.63) is 0 Å². The van der Waals surface area contributed by atoms with Gasteiger partial charge in [-0.25, -0.2) is 0 Å². The molecule has 84 valence electrons. The molecule has 0 aromatic carbocycles. The molecule has 0 N–H and O–H groups in total. The first-order valence-corrected chi connectivity index (χ1v) is 4.69. The van der Waals surface area contributed by atoms with Crippen molar-refractivity contribution in [1.29, 1.82) is 0 Å². The van der Waals surface area contributed by atoms with Crippen molar-refractivity contribution in [1.82, 2.24) is 0 Å². The SMILES string of the molecule is CC1(C)OC(F)(F)C(C)(C(C)(C)C)O1. The van der Waals surface area contributed by atoms with Gasteiger partial charge in [0.25, 0.3) is 0 Å². The van der Waals surface area contributed by atoms with Crippen molar-refractivity contribution in [3.63, 3.8) is 0 Å². The molecule has 1 rings (SSSR count). The zero-order valence-corrected chi connectivity index (χ0v) is 9.57. The first-order valence-electron chi connectivity index (χ1n) is 4.69. The van der Waals surface area contributed by atoms with E-state index >= 15 is 0 Å². The van der Waals surface area contributed by atoms with E-state index in [4.69, 9.17) is 4.74 Å². The Morgan fingerprint density at radius 3 is 1.50 bits per heavy atom. The van der Waals surface area contributed by atoms with Crippen LogP contribution in [0.25, 0.3) is 0 Å². The maximum Gasteiger partial charge on any atom is 0.387 e. The predicted octanol–water partition coefficient (Wildman–Crippen LogP) is 3.17. The third kappa shape index (κ3) is 1.54. The molecule has 1 aliphatic heterocycles. The zero-order chi connectivity index (χ0) is 11.4. The molecule has 0 saturated carbocycles. The third-order valence-corrected chi connectivity index (χ3v) is 2.81. The lowest BCUT2D eigenvalue weighted by molar-refractivity contribution is -0.278. The Morgan fingerprint density at radius 2 is 1.36 bits per heavy atom. The summed E-state index contributed by atoms with van der Waals surface area (Å²) in [4.78, 5) is 0. The van der Waals surface area contributed by atoms with Crippen LogP contribution in [-0.4, -0.2) is 17.5 Å². The molecule has 1 aliphatic rings. The van der Waals surface area contributed by atoms with Crippen LogP contribution >= 0.6 is 0 Å². The molecular weight excluding hydrogens is 190 g/mol. The third-order valence-electron chi connectivity index (χ3n) is 2.81. The standard InChI is InChI=1S/C10H18F2O2/c1-7(2,3)9(6)10(11,12)14-8(4,5)13-9/h1-6H3. The van der Waals surface area contributed by atoms with Crippen LogP contribution in [0.2, 0.25) is 0 Å². The Hall–Kier alpha value is -0.220. The van der Waals surface area contributed by atoms with E-state index in [0.717, 1.165) is 0 Å². The van der Waals surface area contributed by atoms with Crippen LogP contribution < -0.4 is 0 Å². The average Bonchev–Trinajstić information content (AvgIpc) is 1.94. The van der Waals surface area contributed by atoms with E-state index < -0.39 is 22.9 Å². The van der Waals surface area contributed by atoms with Gasteiger partial charge in [0, 0.05) is 0 Å². The quantitative estimate of drug-likeness (QED) is 0.608. The molecule has 2 nitrogen and oxygen atoms in total. The highest BCUT2D eigenvalue weighted by atomic mass is 19.3. The first-order chi connectivity index (χ1) is 5.91. The minimum Gasteiger partial charge on any atom is -0.334 e. The van der Waals surface area contributed by atoms with Gasteiger partial charge in [0.15, 0.2) is 11.4 Å². The van der Waals surface area contributed by atoms with Gasteiger partial charge in [-0.1, -0.05) is 20.8 Å². The molecule has 0 spiro atoms. The van der Waals surface area contributed by atoms with Gasteiger partial charge in [-0.15, -0.1) is 0 Å². The lowest BCUT2D eigenvalue weighted by Gasteiger charge is -2.39. The zero-order valence-electron chi connectivity index (χ0n) is 9.57. The van der Waals surface area contributed by atoms with Gasteiger partial charge < -0.3 is 4.74 Å². The van der Waals surface area contributed by atoms with Gasteiger partial charge in [-0.3, -0.25) is 4.74 Å². The lowest BCUT2D eigenvalue weighted by atomic mass is 9.77. The summed E-state index contributed by atoms with van der Waals surface area (Å²) < 4.78 is 37.2. The fraction of sp³-hybridized carbons (Fsp3) is 1.00. The topological polar surface area (TPSA) is 18.5 Å². The second kappa shape index (κ2) is 2.67. The fourth-order valence-corrected chi connectivity index (χ4v) is 1.57. The second-order valence-corrected chi connectivity index (χ2v) is 5.40. The van der Waals surface area contributed by atoms with Gasteiger partial charge in [-0.05, 0) is 26.2 Å². The summed E-state index contributed by atoms with van der Waals surface area (Å²) in [6.07, 6.45) is -3.26. The summed E-state index contributed by atoms with van der Waals surface area (Å²) >= 11 is 0. The minimum atomic E-state index is -3.26. The van der Waals surface area contributed by atoms with Crippen molar-refractivity contribution in [3.8, 4) is 0 Å². The van der Waals surface area contributed by atoms with E-state index in [9.17, 15) is 8.78 Å². The minimum absolute atomic E-state index is 0.690. The molecule has 0 bridgehead atoms. The van der Waals surface area contributed by atoms with Crippen LogP contribution in [0.3, 0.4) is 0 Å². The largest absolute Gasteiger partial charge is 0.387 e. The Kier molecular flexibility index (Phi) is 2.26. The van der Waals surface area contributed by atoms with Gasteiger partial charge in [0.2, 0.25) is 0 Å². The van der Waals surface area contributed by atoms with Crippen LogP contribution in [0, 0.1) is 5.41 Å². The molecule has 0 aromatic heterocycles. The summed E-state index contributed by atoms with van der Waals surface area (Å²) in [6, 6.07) is 0. The van der Waals surface area contributed by atoms with E-state index in [1.165, 1.54) is 20.8 Å². The highest BCUT2D eigenvalue weighted by Crippen LogP contribution is 2.54. The number of alkyl halides is 2. The normalized spacial score (nSPS) is 36.0. The number of hydrogen-bond acceptors (Lipinski definition) is 2. The molecule has 4 heteroatoms. The number of hydrogen-bond donors (Lipinski definition) is 0. The van der Waals surface area contributed by atoms with Crippen molar-refractivity contribution in [2.75, 3.05) is 0 Å². The van der Waals surface area contributed by atoms with Crippen LogP contribution in [0.4, 0.5) is 8.78 Å². The Balaban J connectivity index is 3.12. The summed E-state index contributed by atoms with van der Waals surface area (Å²) in [6.45, 7) is 9.53. The molecule has 14 heavy (non-hydrogen) atoms. The molecule has 0 aliphatic carbocycles. The Bertz CT molecular complexity index is 243. The fourth-order valence-electron chi connectivity index (χ4n) is 1.57.